The summed E-state index contributed by atoms with van der Waals surface area (Å²) < 4.78 is 2.29. The fraction of sp³-hybridized carbons (Fsp3) is 0.0323. The summed E-state index contributed by atoms with van der Waals surface area (Å²) in [5, 5.41) is 2.39. The van der Waals surface area contributed by atoms with Gasteiger partial charge >= 0.3 is 0 Å². The molecule has 1 radical (unpaired) electrons. The van der Waals surface area contributed by atoms with Gasteiger partial charge in [-0.05, 0) is 64.5 Å². The van der Waals surface area contributed by atoms with E-state index in [1.54, 1.807) is 0 Å². The summed E-state index contributed by atoms with van der Waals surface area (Å²) in [4.78, 5) is 8.33. The Morgan fingerprint density at radius 2 is 1.63 bits per heavy atom. The molecule has 0 amide bonds. The maximum Gasteiger partial charge on any atom is 0.187 e. The number of aromatic nitrogens is 2. The van der Waals surface area contributed by atoms with E-state index in [2.05, 4.69) is 89.1 Å². The number of rotatable bonds is 3. The summed E-state index contributed by atoms with van der Waals surface area (Å²) in [5.41, 5.74) is 9.09. The molecule has 6 rings (SSSR count). The topological polar surface area (TPSA) is 22.2 Å². The second kappa shape index (κ2) is 9.31. The average Bonchev–Trinajstić information content (AvgIpc) is 3.23. The van der Waals surface area contributed by atoms with Crippen LogP contribution in [0.4, 0.5) is 5.69 Å². The van der Waals surface area contributed by atoms with Crippen molar-refractivity contribution in [2.75, 3.05) is 0 Å². The minimum absolute atomic E-state index is 0. The van der Waals surface area contributed by atoms with E-state index in [9.17, 15) is 0 Å². The van der Waals surface area contributed by atoms with Gasteiger partial charge in [0.1, 0.15) is 0 Å². The predicted molar refractivity (Wildman–Crippen MR) is 139 cm³/mol. The van der Waals surface area contributed by atoms with Crippen LogP contribution >= 0.6 is 0 Å². The van der Waals surface area contributed by atoms with Gasteiger partial charge < -0.3 is 9.55 Å². The molecule has 0 spiro atoms. The molecule has 6 aromatic rings. The zero-order chi connectivity index (χ0) is 23.1. The summed E-state index contributed by atoms with van der Waals surface area (Å²) in [7, 11) is 0. The number of pyridine rings is 1. The first-order valence-electron chi connectivity index (χ1n) is 11.2. The molecule has 0 unspecified atom stereocenters. The van der Waals surface area contributed by atoms with E-state index in [0.717, 1.165) is 39.2 Å². The van der Waals surface area contributed by atoms with Crippen LogP contribution in [0.5, 0.6) is 0 Å². The Kier molecular flexibility index (Phi) is 6.05. The Morgan fingerprint density at radius 1 is 0.829 bits per heavy atom. The summed E-state index contributed by atoms with van der Waals surface area (Å²) in [5.74, 6) is 0. The van der Waals surface area contributed by atoms with E-state index < -0.39 is 0 Å². The van der Waals surface area contributed by atoms with E-state index in [0.29, 0.717) is 5.69 Å². The van der Waals surface area contributed by atoms with E-state index in [-0.39, 0.29) is 20.1 Å². The first-order valence-corrected chi connectivity index (χ1v) is 11.2. The van der Waals surface area contributed by atoms with Crippen molar-refractivity contribution in [2.24, 2.45) is 0 Å². The Morgan fingerprint density at radius 3 is 2.43 bits per heavy atom. The Bertz CT molecular complexity index is 1730. The summed E-state index contributed by atoms with van der Waals surface area (Å²) in [6, 6.07) is 36.5. The molecule has 0 fully saturated rings. The van der Waals surface area contributed by atoms with Crippen LogP contribution in [-0.2, 0) is 20.1 Å². The van der Waals surface area contributed by atoms with Crippen LogP contribution in [0.2, 0.25) is 0 Å². The van der Waals surface area contributed by atoms with Crippen molar-refractivity contribution in [3.8, 4) is 28.1 Å². The fourth-order valence-electron chi connectivity index (χ4n) is 4.66. The number of aryl methyl sites for hydroxylation is 1. The third-order valence-electron chi connectivity index (χ3n) is 6.29. The van der Waals surface area contributed by atoms with E-state index in [1.165, 1.54) is 16.3 Å². The van der Waals surface area contributed by atoms with Crippen molar-refractivity contribution in [3.05, 3.63) is 126 Å². The first kappa shape index (κ1) is 22.7. The third-order valence-corrected chi connectivity index (χ3v) is 6.29. The van der Waals surface area contributed by atoms with E-state index >= 15 is 0 Å². The van der Waals surface area contributed by atoms with Crippen molar-refractivity contribution < 1.29 is 20.1 Å². The molecular formula is C31H20IrN3-. The summed E-state index contributed by atoms with van der Waals surface area (Å²) >= 11 is 0. The number of nitrogens with zero attached hydrogens (tertiary/aromatic N) is 3. The number of benzene rings is 4. The average molecular weight is 627 g/mol. The van der Waals surface area contributed by atoms with Gasteiger partial charge in [-0.1, -0.05) is 66.0 Å². The minimum atomic E-state index is 0. The number of fused-ring (bicyclic) bond motifs is 3. The Hall–Kier alpha value is -4.03. The molecular weight excluding hydrogens is 607 g/mol. The quantitative estimate of drug-likeness (QED) is 0.182. The van der Waals surface area contributed by atoms with Crippen LogP contribution in [0.25, 0.3) is 54.7 Å². The Balaban J connectivity index is 0.00000253. The van der Waals surface area contributed by atoms with Gasteiger partial charge in [-0.15, -0.1) is 23.8 Å². The molecule has 169 valence electrons. The first-order chi connectivity index (χ1) is 16.7. The molecule has 0 N–H and O–H groups in total. The summed E-state index contributed by atoms with van der Waals surface area (Å²) in [6.07, 6.45) is 1.90. The molecule has 35 heavy (non-hydrogen) atoms. The van der Waals surface area contributed by atoms with Gasteiger partial charge in [-0.2, -0.15) is 0 Å². The molecule has 0 saturated carbocycles. The number of hydrogen-bond donors (Lipinski definition) is 0. The molecule has 2 aromatic heterocycles. The van der Waals surface area contributed by atoms with Crippen molar-refractivity contribution in [3.63, 3.8) is 0 Å². The SMILES string of the molecule is [C-]#[N+]c1cccc(-c2cnc(-c3[c-]cc4c(c3)c3ccccc3n4-c3ccccc3)cc2C)c1.[Ir]. The normalized spacial score (nSPS) is 10.7. The van der Waals surface area contributed by atoms with Gasteiger partial charge in [-0.25, -0.2) is 4.85 Å². The second-order valence-corrected chi connectivity index (χ2v) is 8.38. The van der Waals surface area contributed by atoms with Crippen molar-refractivity contribution >= 4 is 27.5 Å². The smallest absolute Gasteiger partial charge is 0.187 e. The number of hydrogen-bond acceptors (Lipinski definition) is 1. The van der Waals surface area contributed by atoms with Gasteiger partial charge in [-0.3, -0.25) is 0 Å². The van der Waals surface area contributed by atoms with Crippen LogP contribution in [0.3, 0.4) is 0 Å². The molecule has 0 bridgehead atoms. The molecule has 2 heterocycles. The second-order valence-electron chi connectivity index (χ2n) is 8.38. The van der Waals surface area contributed by atoms with Crippen LogP contribution in [0.15, 0.2) is 103 Å². The largest absolute Gasteiger partial charge is 0.351 e. The van der Waals surface area contributed by atoms with E-state index in [1.807, 2.05) is 36.5 Å². The monoisotopic (exact) mass is 627 g/mol. The van der Waals surface area contributed by atoms with Crippen molar-refractivity contribution in [1.29, 1.82) is 0 Å². The van der Waals surface area contributed by atoms with E-state index in [4.69, 9.17) is 11.6 Å². The molecule has 4 aromatic carbocycles. The minimum Gasteiger partial charge on any atom is -0.351 e. The van der Waals surface area contributed by atoms with Crippen LogP contribution < -0.4 is 0 Å². The molecule has 4 heteroatoms. The van der Waals surface area contributed by atoms with Gasteiger partial charge in [0, 0.05) is 37.5 Å². The molecule has 0 aliphatic heterocycles. The molecule has 3 nitrogen and oxygen atoms in total. The fourth-order valence-corrected chi connectivity index (χ4v) is 4.66. The standard InChI is InChI=1S/C31H20N3.Ir/c1-21-17-29(33-20-28(21)22-9-8-10-24(18-22)32-2)23-15-16-31-27(19-23)26-13-6-7-14-30(26)34(31)25-11-4-3-5-12-25;/h3-14,16-20H,1H3;/q-1;. The Labute approximate surface area is 217 Å². The number of para-hydroxylation sites is 2. The molecule has 0 saturated heterocycles. The van der Waals surface area contributed by atoms with Crippen LogP contribution in [-0.4, -0.2) is 9.55 Å². The molecule has 0 aliphatic rings. The van der Waals surface area contributed by atoms with Crippen LogP contribution in [0, 0.1) is 19.6 Å². The third kappa shape index (κ3) is 3.96. The van der Waals surface area contributed by atoms with Gasteiger partial charge in [0.15, 0.2) is 5.69 Å². The van der Waals surface area contributed by atoms with Crippen LogP contribution in [0.1, 0.15) is 5.56 Å². The molecule has 0 atom stereocenters. The van der Waals surface area contributed by atoms with Gasteiger partial charge in [0.25, 0.3) is 0 Å². The maximum absolute atomic E-state index is 7.29. The zero-order valence-electron chi connectivity index (χ0n) is 19.0. The zero-order valence-corrected chi connectivity index (χ0v) is 21.4. The molecule has 0 aliphatic carbocycles. The predicted octanol–water partition coefficient (Wildman–Crippen LogP) is 8.17. The maximum atomic E-state index is 7.29. The van der Waals surface area contributed by atoms with Gasteiger partial charge in [0.2, 0.25) is 0 Å². The summed E-state index contributed by atoms with van der Waals surface area (Å²) in [6.45, 7) is 9.37. The van der Waals surface area contributed by atoms with Gasteiger partial charge in [0.05, 0.1) is 6.57 Å². The van der Waals surface area contributed by atoms with Crippen molar-refractivity contribution in [1.82, 2.24) is 9.55 Å². The van der Waals surface area contributed by atoms with Crippen molar-refractivity contribution in [2.45, 2.75) is 6.92 Å².